The molecule has 0 unspecified atom stereocenters. The summed E-state index contributed by atoms with van der Waals surface area (Å²) < 4.78 is 1.91. The molecule has 0 N–H and O–H groups in total. The molecule has 0 radical (unpaired) electrons. The Bertz CT molecular complexity index is 907. The van der Waals surface area contributed by atoms with Crippen LogP contribution in [-0.4, -0.2) is 31.8 Å². The molecule has 5 nitrogen and oxygen atoms in total. The average Bonchev–Trinajstić information content (AvgIpc) is 3.14. The van der Waals surface area contributed by atoms with E-state index in [2.05, 4.69) is 23.2 Å². The molecular formula is C18H18N4OS. The van der Waals surface area contributed by atoms with Gasteiger partial charge in [0.25, 0.3) is 0 Å². The van der Waals surface area contributed by atoms with Crippen LogP contribution in [0.25, 0.3) is 5.65 Å². The first kappa shape index (κ1) is 15.2. The molecule has 4 rings (SSSR count). The van der Waals surface area contributed by atoms with Gasteiger partial charge < -0.3 is 4.90 Å². The van der Waals surface area contributed by atoms with Gasteiger partial charge in [0.1, 0.15) is 0 Å². The van der Waals surface area contributed by atoms with E-state index in [0.717, 1.165) is 22.9 Å². The van der Waals surface area contributed by atoms with Gasteiger partial charge in [-0.25, -0.2) is 0 Å². The fraction of sp³-hybridized carbons (Fsp3) is 0.278. The third kappa shape index (κ3) is 2.47. The van der Waals surface area contributed by atoms with Crippen LogP contribution < -0.4 is 4.90 Å². The first-order valence-electron chi connectivity index (χ1n) is 8.02. The second-order valence-electron chi connectivity index (χ2n) is 6.06. The molecule has 6 heteroatoms. The number of fused-ring (bicyclic) bond motifs is 2. The molecule has 1 aliphatic heterocycles. The Hall–Kier alpha value is -2.34. The summed E-state index contributed by atoms with van der Waals surface area (Å²) >= 11 is 1.45. The molecule has 1 aromatic carbocycles. The van der Waals surface area contributed by atoms with Crippen LogP contribution in [0.5, 0.6) is 0 Å². The van der Waals surface area contributed by atoms with Crippen molar-refractivity contribution in [2.45, 2.75) is 36.7 Å². The predicted octanol–water partition coefficient (Wildman–Crippen LogP) is 3.19. The van der Waals surface area contributed by atoms with Crippen molar-refractivity contribution in [2.75, 3.05) is 4.90 Å². The number of nitrogens with zero attached hydrogens (tertiary/aromatic N) is 4. The Balaban J connectivity index is 1.58. The number of anilines is 1. The standard InChI is InChI=1S/C18H18N4OS/c1-12-11-14-7-3-4-8-15(14)22(12)17(23)13(2)24-18-20-19-16-9-5-6-10-21(16)18/h3-10,12-13H,11H2,1-2H3/t12-,13+/m1/s1. The Morgan fingerprint density at radius 1 is 1.21 bits per heavy atom. The molecule has 0 bridgehead atoms. The largest absolute Gasteiger partial charge is 0.308 e. The topological polar surface area (TPSA) is 50.5 Å². The van der Waals surface area contributed by atoms with E-state index in [1.54, 1.807) is 0 Å². The maximum absolute atomic E-state index is 13.0. The van der Waals surface area contributed by atoms with Crippen molar-refractivity contribution in [1.29, 1.82) is 0 Å². The Morgan fingerprint density at radius 3 is 2.88 bits per heavy atom. The molecule has 1 amide bonds. The maximum atomic E-state index is 13.0. The zero-order valence-electron chi connectivity index (χ0n) is 13.6. The summed E-state index contributed by atoms with van der Waals surface area (Å²) in [4.78, 5) is 15.0. The molecule has 3 heterocycles. The highest BCUT2D eigenvalue weighted by molar-refractivity contribution is 8.00. The van der Waals surface area contributed by atoms with Crippen molar-refractivity contribution in [1.82, 2.24) is 14.6 Å². The molecule has 0 aliphatic carbocycles. The van der Waals surface area contributed by atoms with Crippen molar-refractivity contribution < 1.29 is 4.79 Å². The second kappa shape index (κ2) is 5.94. The first-order chi connectivity index (χ1) is 11.6. The number of rotatable bonds is 3. The Morgan fingerprint density at radius 2 is 2.00 bits per heavy atom. The van der Waals surface area contributed by atoms with Gasteiger partial charge in [-0.1, -0.05) is 36.0 Å². The zero-order valence-corrected chi connectivity index (χ0v) is 14.4. The lowest BCUT2D eigenvalue weighted by Crippen LogP contribution is -2.40. The van der Waals surface area contributed by atoms with Crippen molar-refractivity contribution in [3.05, 3.63) is 54.2 Å². The summed E-state index contributed by atoms with van der Waals surface area (Å²) in [6.07, 6.45) is 2.83. The van der Waals surface area contributed by atoms with Crippen LogP contribution in [0.3, 0.4) is 0 Å². The van der Waals surface area contributed by atoms with E-state index in [0.29, 0.717) is 0 Å². The lowest BCUT2D eigenvalue weighted by molar-refractivity contribution is -0.118. The quantitative estimate of drug-likeness (QED) is 0.688. The van der Waals surface area contributed by atoms with Crippen LogP contribution in [-0.2, 0) is 11.2 Å². The minimum Gasteiger partial charge on any atom is -0.308 e. The molecule has 0 saturated carbocycles. The smallest absolute Gasteiger partial charge is 0.240 e. The molecule has 0 fully saturated rings. The van der Waals surface area contributed by atoms with E-state index < -0.39 is 0 Å². The predicted molar refractivity (Wildman–Crippen MR) is 95.4 cm³/mol. The first-order valence-corrected chi connectivity index (χ1v) is 8.90. The Labute approximate surface area is 144 Å². The van der Waals surface area contributed by atoms with Crippen molar-refractivity contribution in [3.63, 3.8) is 0 Å². The molecule has 24 heavy (non-hydrogen) atoms. The van der Waals surface area contributed by atoms with Gasteiger partial charge in [-0.2, -0.15) is 0 Å². The van der Waals surface area contributed by atoms with Crippen molar-refractivity contribution in [2.24, 2.45) is 0 Å². The molecule has 2 atom stereocenters. The van der Waals surface area contributed by atoms with Gasteiger partial charge in [0.15, 0.2) is 10.8 Å². The molecule has 0 saturated heterocycles. The molecule has 122 valence electrons. The number of para-hydroxylation sites is 1. The molecule has 0 spiro atoms. The van der Waals surface area contributed by atoms with E-state index in [1.807, 2.05) is 58.8 Å². The third-order valence-corrected chi connectivity index (χ3v) is 5.40. The van der Waals surface area contributed by atoms with Gasteiger partial charge in [0.05, 0.1) is 5.25 Å². The number of hydrogen-bond donors (Lipinski definition) is 0. The highest BCUT2D eigenvalue weighted by Gasteiger charge is 2.33. The molecule has 1 aliphatic rings. The van der Waals surface area contributed by atoms with E-state index in [4.69, 9.17) is 0 Å². The lowest BCUT2D eigenvalue weighted by Gasteiger charge is -2.25. The lowest BCUT2D eigenvalue weighted by atomic mass is 10.1. The summed E-state index contributed by atoms with van der Waals surface area (Å²) in [5.74, 6) is 0.116. The van der Waals surface area contributed by atoms with Gasteiger partial charge in [0.2, 0.25) is 5.91 Å². The minimum absolute atomic E-state index is 0.116. The van der Waals surface area contributed by atoms with Gasteiger partial charge in [-0.15, -0.1) is 10.2 Å². The van der Waals surface area contributed by atoms with Crippen molar-refractivity contribution >= 4 is 29.0 Å². The van der Waals surface area contributed by atoms with Crippen molar-refractivity contribution in [3.8, 4) is 0 Å². The number of hydrogen-bond acceptors (Lipinski definition) is 4. The highest BCUT2D eigenvalue weighted by Crippen LogP contribution is 2.34. The molecule has 2 aromatic heterocycles. The number of aromatic nitrogens is 3. The summed E-state index contributed by atoms with van der Waals surface area (Å²) in [5.41, 5.74) is 3.07. The number of carbonyl (C=O) groups excluding carboxylic acids is 1. The fourth-order valence-electron chi connectivity index (χ4n) is 3.21. The summed E-state index contributed by atoms with van der Waals surface area (Å²) in [7, 11) is 0. The van der Waals surface area contributed by atoms with Crippen LogP contribution in [0.15, 0.2) is 53.8 Å². The average molecular weight is 338 g/mol. The Kier molecular flexibility index (Phi) is 3.76. The number of carbonyl (C=O) groups is 1. The van der Waals surface area contributed by atoms with Crippen LogP contribution in [0.2, 0.25) is 0 Å². The fourth-order valence-corrected chi connectivity index (χ4v) is 4.09. The van der Waals surface area contributed by atoms with Gasteiger partial charge in [0, 0.05) is 17.9 Å². The molecule has 3 aromatic rings. The van der Waals surface area contributed by atoms with Gasteiger partial charge >= 0.3 is 0 Å². The van der Waals surface area contributed by atoms with E-state index in [9.17, 15) is 4.79 Å². The van der Waals surface area contributed by atoms with E-state index >= 15 is 0 Å². The van der Waals surface area contributed by atoms with Crippen LogP contribution in [0.1, 0.15) is 19.4 Å². The third-order valence-electron chi connectivity index (χ3n) is 4.36. The summed E-state index contributed by atoms with van der Waals surface area (Å²) in [6.45, 7) is 4.03. The van der Waals surface area contributed by atoms with Crippen LogP contribution >= 0.6 is 11.8 Å². The van der Waals surface area contributed by atoms with Crippen LogP contribution in [0.4, 0.5) is 5.69 Å². The second-order valence-corrected chi connectivity index (χ2v) is 7.37. The maximum Gasteiger partial charge on any atom is 0.240 e. The van der Waals surface area contributed by atoms with Gasteiger partial charge in [-0.05, 0) is 44.0 Å². The monoisotopic (exact) mass is 338 g/mol. The summed E-state index contributed by atoms with van der Waals surface area (Å²) in [5, 5.41) is 8.87. The SMILES string of the molecule is C[C@H](Sc1nnc2ccccn12)C(=O)N1c2ccccc2C[C@H]1C. The minimum atomic E-state index is -0.230. The van der Waals surface area contributed by atoms with Crippen LogP contribution in [0, 0.1) is 0 Å². The summed E-state index contributed by atoms with van der Waals surface area (Å²) in [6, 6.07) is 14.1. The number of pyridine rings is 1. The van der Waals surface area contributed by atoms with E-state index in [1.165, 1.54) is 17.3 Å². The number of thioether (sulfide) groups is 1. The number of benzene rings is 1. The zero-order chi connectivity index (χ0) is 16.7. The highest BCUT2D eigenvalue weighted by atomic mass is 32.2. The molecular weight excluding hydrogens is 320 g/mol. The normalized spacial score (nSPS) is 17.9. The number of amides is 1. The van der Waals surface area contributed by atoms with Gasteiger partial charge in [-0.3, -0.25) is 9.20 Å². The van der Waals surface area contributed by atoms with E-state index in [-0.39, 0.29) is 17.2 Å².